The van der Waals surface area contributed by atoms with Crippen LogP contribution in [0.2, 0.25) is 10.0 Å². The van der Waals surface area contributed by atoms with Crippen molar-refractivity contribution in [2.45, 2.75) is 5.92 Å². The highest BCUT2D eigenvalue weighted by Gasteiger charge is 2.31. The molecule has 0 spiro atoms. The number of nitrogens with zero attached hydrogens (tertiary/aromatic N) is 1. The summed E-state index contributed by atoms with van der Waals surface area (Å²) in [5.74, 6) is 0.410. The fourth-order valence-electron chi connectivity index (χ4n) is 3.10. The Balaban J connectivity index is 1.72. The predicted octanol–water partition coefficient (Wildman–Crippen LogP) is 5.45. The first-order valence-electron chi connectivity index (χ1n) is 7.92. The highest BCUT2D eigenvalue weighted by Crippen LogP contribution is 2.36. The lowest BCUT2D eigenvalue weighted by Gasteiger charge is -2.12. The molecule has 0 saturated carbocycles. The summed E-state index contributed by atoms with van der Waals surface area (Å²) >= 11 is 12.1. The van der Waals surface area contributed by atoms with E-state index in [9.17, 15) is 4.79 Å². The first-order chi connectivity index (χ1) is 12.1. The van der Waals surface area contributed by atoms with Gasteiger partial charge in [0, 0.05) is 34.5 Å². The van der Waals surface area contributed by atoms with Crippen molar-refractivity contribution in [1.29, 1.82) is 0 Å². The molecule has 5 heteroatoms. The maximum atomic E-state index is 13.0. The number of nitrogens with one attached hydrogen (secondary N) is 1. The molecule has 0 fully saturated rings. The van der Waals surface area contributed by atoms with Gasteiger partial charge < -0.3 is 5.32 Å². The molecule has 1 unspecified atom stereocenters. The summed E-state index contributed by atoms with van der Waals surface area (Å²) in [4.78, 5) is 17.5. The van der Waals surface area contributed by atoms with Gasteiger partial charge in [-0.1, -0.05) is 53.5 Å². The molecule has 0 saturated heterocycles. The molecule has 1 aliphatic rings. The minimum absolute atomic E-state index is 0.0278. The largest absolute Gasteiger partial charge is 0.369 e. The van der Waals surface area contributed by atoms with Crippen LogP contribution in [0.25, 0.3) is 11.1 Å². The maximum absolute atomic E-state index is 13.0. The number of rotatable bonds is 3. The summed E-state index contributed by atoms with van der Waals surface area (Å²) in [6.07, 6.45) is 1.82. The topological polar surface area (TPSA) is 42.0 Å². The molecule has 1 atom stereocenters. The van der Waals surface area contributed by atoms with Gasteiger partial charge in [-0.05, 0) is 29.8 Å². The van der Waals surface area contributed by atoms with Crippen molar-refractivity contribution in [1.82, 2.24) is 4.98 Å². The van der Waals surface area contributed by atoms with Crippen molar-refractivity contribution in [3.63, 3.8) is 0 Å². The molecule has 0 bridgehead atoms. The number of Topliss-reactive ketones (excluding diaryl/α,β-unsaturated/α-hetero) is 1. The van der Waals surface area contributed by atoms with Crippen LogP contribution in [0.15, 0.2) is 60.8 Å². The molecule has 0 amide bonds. The van der Waals surface area contributed by atoms with E-state index in [0.717, 1.165) is 22.5 Å². The number of pyridine rings is 1. The van der Waals surface area contributed by atoms with E-state index in [1.165, 1.54) is 0 Å². The van der Waals surface area contributed by atoms with E-state index in [4.69, 9.17) is 23.2 Å². The predicted molar refractivity (Wildman–Crippen MR) is 102 cm³/mol. The van der Waals surface area contributed by atoms with Gasteiger partial charge in [-0.25, -0.2) is 4.98 Å². The number of ketones is 1. The van der Waals surface area contributed by atoms with Crippen molar-refractivity contribution in [3.8, 4) is 11.1 Å². The number of carbonyl (C=O) groups excluding carboxylic acids is 1. The molecule has 1 aromatic heterocycles. The molecule has 1 aliphatic heterocycles. The van der Waals surface area contributed by atoms with E-state index in [1.807, 2.05) is 42.6 Å². The Labute approximate surface area is 155 Å². The van der Waals surface area contributed by atoms with Gasteiger partial charge in [0.2, 0.25) is 0 Å². The lowest BCUT2D eigenvalue weighted by molar-refractivity contribution is 0.0966. The van der Waals surface area contributed by atoms with E-state index >= 15 is 0 Å². The summed E-state index contributed by atoms with van der Waals surface area (Å²) in [5.41, 5.74) is 3.44. The van der Waals surface area contributed by atoms with Crippen LogP contribution in [0.1, 0.15) is 21.8 Å². The van der Waals surface area contributed by atoms with Crippen LogP contribution in [0.4, 0.5) is 5.82 Å². The van der Waals surface area contributed by atoms with Crippen LogP contribution in [-0.2, 0) is 0 Å². The molecule has 2 heterocycles. The number of hydrogen-bond acceptors (Lipinski definition) is 3. The smallest absolute Gasteiger partial charge is 0.173 e. The number of carbonyl (C=O) groups is 1. The molecular weight excluding hydrogens is 355 g/mol. The van der Waals surface area contributed by atoms with Crippen LogP contribution >= 0.6 is 23.2 Å². The zero-order chi connectivity index (χ0) is 17.4. The average molecular weight is 369 g/mol. The Morgan fingerprint density at radius 1 is 1.04 bits per heavy atom. The summed E-state index contributed by atoms with van der Waals surface area (Å²) in [6, 6.07) is 17.0. The molecule has 4 rings (SSSR count). The van der Waals surface area contributed by atoms with Crippen LogP contribution in [0, 0.1) is 0 Å². The number of benzene rings is 2. The Morgan fingerprint density at radius 2 is 1.84 bits per heavy atom. The summed E-state index contributed by atoms with van der Waals surface area (Å²) in [6.45, 7) is 0.512. The van der Waals surface area contributed by atoms with Gasteiger partial charge in [0.1, 0.15) is 5.82 Å². The third-order valence-corrected chi connectivity index (χ3v) is 4.93. The summed E-state index contributed by atoms with van der Waals surface area (Å²) in [7, 11) is 0. The van der Waals surface area contributed by atoms with Gasteiger partial charge in [0.05, 0.1) is 10.9 Å². The molecule has 2 aromatic carbocycles. The molecule has 124 valence electrons. The molecule has 1 N–H and O–H groups in total. The van der Waals surface area contributed by atoms with Gasteiger partial charge in [0.15, 0.2) is 5.78 Å². The number of fused-ring (bicyclic) bond motifs is 1. The Kier molecular flexibility index (Phi) is 4.20. The number of aromatic nitrogens is 1. The first-order valence-corrected chi connectivity index (χ1v) is 8.67. The minimum Gasteiger partial charge on any atom is -0.369 e. The normalized spacial score (nSPS) is 15.5. The number of hydrogen-bond donors (Lipinski definition) is 1. The van der Waals surface area contributed by atoms with Crippen LogP contribution in [-0.4, -0.2) is 17.3 Å². The van der Waals surface area contributed by atoms with Gasteiger partial charge in [0.25, 0.3) is 0 Å². The van der Waals surface area contributed by atoms with Crippen molar-refractivity contribution in [2.75, 3.05) is 11.9 Å². The zero-order valence-corrected chi connectivity index (χ0v) is 14.7. The van der Waals surface area contributed by atoms with E-state index in [0.29, 0.717) is 22.2 Å². The second-order valence-electron chi connectivity index (χ2n) is 5.95. The second kappa shape index (κ2) is 6.51. The quantitative estimate of drug-likeness (QED) is 0.625. The van der Waals surface area contributed by atoms with E-state index < -0.39 is 0 Å². The van der Waals surface area contributed by atoms with Crippen molar-refractivity contribution < 1.29 is 4.79 Å². The van der Waals surface area contributed by atoms with E-state index in [2.05, 4.69) is 10.3 Å². The van der Waals surface area contributed by atoms with Crippen molar-refractivity contribution in [2.24, 2.45) is 0 Å². The van der Waals surface area contributed by atoms with Crippen LogP contribution in [0.3, 0.4) is 0 Å². The highest BCUT2D eigenvalue weighted by atomic mass is 35.5. The molecular formula is C20H14Cl2N2O. The fraction of sp³-hybridized carbons (Fsp3) is 0.100. The number of halogens is 2. The van der Waals surface area contributed by atoms with Crippen molar-refractivity contribution >= 4 is 34.8 Å². The molecule has 3 nitrogen and oxygen atoms in total. The van der Waals surface area contributed by atoms with Gasteiger partial charge in [-0.15, -0.1) is 0 Å². The standard InChI is InChI=1S/C20H14Cl2N2O/c21-14-6-7-15(18(22)9-14)19(25)17-11-24-20-16(17)8-13(10-23-20)12-4-2-1-3-5-12/h1-10,17H,11H2,(H,23,24). The fourth-order valence-corrected chi connectivity index (χ4v) is 3.60. The summed E-state index contributed by atoms with van der Waals surface area (Å²) in [5, 5.41) is 4.10. The molecule has 3 aromatic rings. The lowest BCUT2D eigenvalue weighted by atomic mass is 9.92. The van der Waals surface area contributed by atoms with Gasteiger partial charge in [-0.2, -0.15) is 0 Å². The molecule has 0 radical (unpaired) electrons. The Morgan fingerprint density at radius 3 is 2.60 bits per heavy atom. The van der Waals surface area contributed by atoms with Gasteiger partial charge in [-0.3, -0.25) is 4.79 Å². The van der Waals surface area contributed by atoms with Crippen LogP contribution < -0.4 is 5.32 Å². The second-order valence-corrected chi connectivity index (χ2v) is 6.79. The van der Waals surface area contributed by atoms with E-state index in [1.54, 1.807) is 18.2 Å². The third-order valence-electron chi connectivity index (χ3n) is 4.39. The monoisotopic (exact) mass is 368 g/mol. The SMILES string of the molecule is O=C(c1ccc(Cl)cc1Cl)C1CNc2ncc(-c3ccccc3)cc21. The number of anilines is 1. The third kappa shape index (κ3) is 3.01. The minimum atomic E-state index is -0.315. The van der Waals surface area contributed by atoms with Crippen molar-refractivity contribution in [3.05, 3.63) is 82.0 Å². The van der Waals surface area contributed by atoms with Crippen LogP contribution in [0.5, 0.6) is 0 Å². The molecule has 25 heavy (non-hydrogen) atoms. The first kappa shape index (κ1) is 16.1. The highest BCUT2D eigenvalue weighted by molar-refractivity contribution is 6.37. The Hall–Kier alpha value is -2.36. The summed E-state index contributed by atoms with van der Waals surface area (Å²) < 4.78 is 0. The molecule has 0 aliphatic carbocycles. The Bertz CT molecular complexity index is 957. The zero-order valence-electron chi connectivity index (χ0n) is 13.2. The average Bonchev–Trinajstić information content (AvgIpc) is 3.05. The van der Waals surface area contributed by atoms with Gasteiger partial charge >= 0.3 is 0 Å². The maximum Gasteiger partial charge on any atom is 0.173 e. The lowest BCUT2D eigenvalue weighted by Crippen LogP contribution is -2.15. The van der Waals surface area contributed by atoms with E-state index in [-0.39, 0.29) is 11.7 Å².